The van der Waals surface area contributed by atoms with E-state index >= 15 is 0 Å². The zero-order valence-corrected chi connectivity index (χ0v) is 22.9. The van der Waals surface area contributed by atoms with Crippen LogP contribution in [0.1, 0.15) is 90.9 Å². The highest BCUT2D eigenvalue weighted by Crippen LogP contribution is 2.34. The van der Waals surface area contributed by atoms with Crippen LogP contribution in [0.4, 0.5) is 4.79 Å². The van der Waals surface area contributed by atoms with Crippen molar-refractivity contribution in [1.82, 2.24) is 0 Å². The molecule has 0 aliphatic heterocycles. The van der Waals surface area contributed by atoms with Gasteiger partial charge in [0.15, 0.2) is 0 Å². The Morgan fingerprint density at radius 2 is 1.42 bits per heavy atom. The minimum absolute atomic E-state index is 0.0681. The average Bonchev–Trinajstić information content (AvgIpc) is 2.89. The fourth-order valence-corrected chi connectivity index (χ4v) is 5.76. The molecule has 0 aromatic rings. The fourth-order valence-electron chi connectivity index (χ4n) is 5.76. The smallest absolute Gasteiger partial charge is 0.462 e. The van der Waals surface area contributed by atoms with Crippen molar-refractivity contribution in [3.63, 3.8) is 0 Å². The minimum Gasteiger partial charge on any atom is -0.462 e. The first-order valence-corrected chi connectivity index (χ1v) is 14.3. The van der Waals surface area contributed by atoms with Crippen molar-refractivity contribution in [3.8, 4) is 0 Å². The zero-order chi connectivity index (χ0) is 27.5. The third kappa shape index (κ3) is 9.95. The Kier molecular flexibility index (Phi) is 11.9. The lowest BCUT2D eigenvalue weighted by molar-refractivity contribution is -0.166. The van der Waals surface area contributed by atoms with Crippen molar-refractivity contribution in [2.24, 2.45) is 23.7 Å². The van der Waals surface area contributed by atoms with E-state index in [0.717, 1.165) is 24.8 Å². The second-order valence-electron chi connectivity index (χ2n) is 11.3. The lowest BCUT2D eigenvalue weighted by atomic mass is 9.81. The molecule has 0 radical (unpaired) electrons. The molecule has 0 N–H and O–H groups in total. The summed E-state index contributed by atoms with van der Waals surface area (Å²) in [7, 11) is 0. The minimum atomic E-state index is -0.814. The summed E-state index contributed by atoms with van der Waals surface area (Å²) in [6.45, 7) is 7.45. The monoisotopic (exact) mass is 536 g/mol. The molecule has 38 heavy (non-hydrogen) atoms. The molecule has 0 aromatic carbocycles. The molecule has 9 heteroatoms. The predicted octanol–water partition coefficient (Wildman–Crippen LogP) is 5.29. The SMILES string of the molecule is C=CC(=O)OCCOC(=O)OC1CCC(C(=O)OC2CCC(OC(=O)CC3CCC(C)CC3)C(C)C2)CC1. The standard InChI is InChI=1S/C29H44O9/c1-4-26(30)34-15-16-35-29(33)37-23-11-9-22(10-12-23)28(32)36-24-13-14-25(20(3)17-24)38-27(31)18-21-7-5-19(2)6-8-21/h4,19-25H,1,5-18H2,2-3H3. The van der Waals surface area contributed by atoms with Gasteiger partial charge in [0.2, 0.25) is 0 Å². The number of ether oxygens (including phenoxy) is 5. The van der Waals surface area contributed by atoms with Crippen molar-refractivity contribution < 1.29 is 42.9 Å². The Bertz CT molecular complexity index is 809. The molecule has 0 heterocycles. The molecule has 0 amide bonds. The van der Waals surface area contributed by atoms with Crippen LogP contribution < -0.4 is 0 Å². The van der Waals surface area contributed by atoms with E-state index in [9.17, 15) is 19.2 Å². The fraction of sp³-hybridized carbons (Fsp3) is 0.793. The van der Waals surface area contributed by atoms with Crippen LogP contribution in [0, 0.1) is 23.7 Å². The number of hydrogen-bond donors (Lipinski definition) is 0. The lowest BCUT2D eigenvalue weighted by Gasteiger charge is -2.35. The van der Waals surface area contributed by atoms with Crippen LogP contribution in [0.3, 0.4) is 0 Å². The Balaban J connectivity index is 1.29. The first-order chi connectivity index (χ1) is 18.2. The topological polar surface area (TPSA) is 114 Å². The molecule has 0 aromatic heterocycles. The molecule has 0 spiro atoms. The molecule has 3 fully saturated rings. The Labute approximate surface area is 225 Å². The summed E-state index contributed by atoms with van der Waals surface area (Å²) in [6, 6.07) is 0. The number of rotatable bonds is 10. The lowest BCUT2D eigenvalue weighted by Crippen LogP contribution is -2.37. The van der Waals surface area contributed by atoms with E-state index in [1.165, 1.54) is 12.8 Å². The van der Waals surface area contributed by atoms with Crippen molar-refractivity contribution in [2.75, 3.05) is 13.2 Å². The highest BCUT2D eigenvalue weighted by molar-refractivity contribution is 5.81. The molecule has 3 saturated carbocycles. The molecule has 3 aliphatic rings. The van der Waals surface area contributed by atoms with Gasteiger partial charge in [-0.15, -0.1) is 0 Å². The van der Waals surface area contributed by atoms with Gasteiger partial charge in [-0.05, 0) is 75.5 Å². The first-order valence-electron chi connectivity index (χ1n) is 14.3. The van der Waals surface area contributed by atoms with E-state index in [2.05, 4.69) is 20.4 Å². The van der Waals surface area contributed by atoms with Crippen LogP contribution in [0.15, 0.2) is 12.7 Å². The molecule has 3 atom stereocenters. The summed E-state index contributed by atoms with van der Waals surface area (Å²) in [5.74, 6) is 0.274. The van der Waals surface area contributed by atoms with Gasteiger partial charge in [0, 0.05) is 12.5 Å². The van der Waals surface area contributed by atoms with Crippen LogP contribution in [0.5, 0.6) is 0 Å². The summed E-state index contributed by atoms with van der Waals surface area (Å²) in [4.78, 5) is 48.0. The maximum atomic E-state index is 12.8. The molecular weight excluding hydrogens is 492 g/mol. The van der Waals surface area contributed by atoms with E-state index < -0.39 is 12.1 Å². The molecular formula is C29H44O9. The van der Waals surface area contributed by atoms with Gasteiger partial charge < -0.3 is 23.7 Å². The zero-order valence-electron chi connectivity index (χ0n) is 22.9. The molecule has 214 valence electrons. The maximum absolute atomic E-state index is 12.8. The van der Waals surface area contributed by atoms with Gasteiger partial charge >= 0.3 is 24.1 Å². The van der Waals surface area contributed by atoms with Gasteiger partial charge in [-0.2, -0.15) is 0 Å². The number of carbonyl (C=O) groups is 4. The van der Waals surface area contributed by atoms with E-state index in [4.69, 9.17) is 23.7 Å². The predicted molar refractivity (Wildman–Crippen MR) is 138 cm³/mol. The van der Waals surface area contributed by atoms with E-state index in [1.54, 1.807) is 0 Å². The van der Waals surface area contributed by atoms with Gasteiger partial charge in [-0.25, -0.2) is 9.59 Å². The van der Waals surface area contributed by atoms with Crippen molar-refractivity contribution in [3.05, 3.63) is 12.7 Å². The van der Waals surface area contributed by atoms with Crippen LogP contribution in [-0.2, 0) is 38.1 Å². The van der Waals surface area contributed by atoms with Crippen LogP contribution in [0.25, 0.3) is 0 Å². The number of esters is 3. The second kappa shape index (κ2) is 15.1. The summed E-state index contributed by atoms with van der Waals surface area (Å²) < 4.78 is 26.6. The summed E-state index contributed by atoms with van der Waals surface area (Å²) in [5.41, 5.74) is 0. The van der Waals surface area contributed by atoms with Crippen LogP contribution in [0.2, 0.25) is 0 Å². The van der Waals surface area contributed by atoms with Gasteiger partial charge in [0.1, 0.15) is 31.5 Å². The van der Waals surface area contributed by atoms with Gasteiger partial charge in [-0.3, -0.25) is 9.59 Å². The largest absolute Gasteiger partial charge is 0.508 e. The van der Waals surface area contributed by atoms with Gasteiger partial charge in [0.05, 0.1) is 5.92 Å². The number of hydrogen-bond acceptors (Lipinski definition) is 9. The summed E-state index contributed by atoms with van der Waals surface area (Å²) >= 11 is 0. The maximum Gasteiger partial charge on any atom is 0.508 e. The molecule has 3 unspecified atom stereocenters. The molecule has 0 bridgehead atoms. The third-order valence-electron chi connectivity index (χ3n) is 8.18. The summed E-state index contributed by atoms with van der Waals surface area (Å²) in [5, 5.41) is 0. The van der Waals surface area contributed by atoms with Crippen LogP contribution >= 0.6 is 0 Å². The quantitative estimate of drug-likeness (QED) is 0.159. The van der Waals surface area contributed by atoms with Crippen molar-refractivity contribution in [2.45, 2.75) is 109 Å². The van der Waals surface area contributed by atoms with E-state index in [-0.39, 0.29) is 55.3 Å². The highest BCUT2D eigenvalue weighted by Gasteiger charge is 2.35. The first kappa shape index (κ1) is 30.0. The Morgan fingerprint density at radius 1 is 0.763 bits per heavy atom. The van der Waals surface area contributed by atoms with Crippen molar-refractivity contribution >= 4 is 24.1 Å². The normalized spacial score (nSPS) is 31.4. The average molecular weight is 537 g/mol. The Hall–Kier alpha value is -2.58. The second-order valence-corrected chi connectivity index (χ2v) is 11.3. The van der Waals surface area contributed by atoms with E-state index in [0.29, 0.717) is 57.3 Å². The van der Waals surface area contributed by atoms with Crippen LogP contribution in [-0.4, -0.2) is 55.6 Å². The van der Waals surface area contributed by atoms with Gasteiger partial charge in [-0.1, -0.05) is 33.3 Å². The van der Waals surface area contributed by atoms with Gasteiger partial charge in [0.25, 0.3) is 0 Å². The Morgan fingerprint density at radius 3 is 2.08 bits per heavy atom. The van der Waals surface area contributed by atoms with Crippen molar-refractivity contribution in [1.29, 1.82) is 0 Å². The number of carbonyl (C=O) groups excluding carboxylic acids is 4. The molecule has 9 nitrogen and oxygen atoms in total. The van der Waals surface area contributed by atoms with E-state index in [1.807, 2.05) is 0 Å². The third-order valence-corrected chi connectivity index (χ3v) is 8.18. The highest BCUT2D eigenvalue weighted by atomic mass is 16.7. The molecule has 0 saturated heterocycles. The molecule has 3 aliphatic carbocycles. The summed E-state index contributed by atoms with van der Waals surface area (Å²) in [6.07, 6.45) is 9.13. The molecule has 3 rings (SSSR count).